The van der Waals surface area contributed by atoms with Gasteiger partial charge in [0.25, 0.3) is 0 Å². The molecule has 22 heavy (non-hydrogen) atoms. The van der Waals surface area contributed by atoms with Crippen LogP contribution in [0.5, 0.6) is 5.75 Å². The van der Waals surface area contributed by atoms with Crippen LogP contribution in [0.2, 0.25) is 0 Å². The van der Waals surface area contributed by atoms with Gasteiger partial charge in [-0.25, -0.2) is 9.78 Å². The molecule has 2 aromatic rings. The molecule has 0 amide bonds. The normalized spacial score (nSPS) is 11.1. The first-order chi connectivity index (χ1) is 10.3. The van der Waals surface area contributed by atoms with Crippen LogP contribution in [0.3, 0.4) is 0 Å². The van der Waals surface area contributed by atoms with Gasteiger partial charge in [0.2, 0.25) is 0 Å². The van der Waals surface area contributed by atoms with Gasteiger partial charge in [0, 0.05) is 5.56 Å². The highest BCUT2D eigenvalue weighted by Gasteiger charge is 2.32. The Bertz CT molecular complexity index is 702. The fraction of sp³-hybridized carbons (Fsp3) is 0.143. The number of nitrogens with zero attached hydrogens (tertiary/aromatic N) is 1. The van der Waals surface area contributed by atoms with Crippen LogP contribution in [0.25, 0.3) is 11.3 Å². The number of benzene rings is 1. The number of anilines is 1. The third-order valence-electron chi connectivity index (χ3n) is 2.69. The molecule has 0 fully saturated rings. The van der Waals surface area contributed by atoms with Crippen LogP contribution in [-0.2, 0) is 4.74 Å². The van der Waals surface area contributed by atoms with Gasteiger partial charge < -0.3 is 15.2 Å². The minimum atomic E-state index is -4.86. The van der Waals surface area contributed by atoms with Gasteiger partial charge >= 0.3 is 12.3 Å². The van der Waals surface area contributed by atoms with Crippen molar-refractivity contribution in [1.29, 1.82) is 0 Å². The van der Waals surface area contributed by atoms with Crippen molar-refractivity contribution < 1.29 is 27.4 Å². The average Bonchev–Trinajstić information content (AvgIpc) is 2.46. The molecule has 2 N–H and O–H groups in total. The Labute approximate surface area is 123 Å². The summed E-state index contributed by atoms with van der Waals surface area (Å²) in [6, 6.07) is 8.06. The zero-order valence-electron chi connectivity index (χ0n) is 11.3. The van der Waals surface area contributed by atoms with Gasteiger partial charge in [-0.05, 0) is 24.3 Å². The second-order valence-electron chi connectivity index (χ2n) is 4.17. The molecule has 1 aromatic carbocycles. The topological polar surface area (TPSA) is 74.4 Å². The number of methoxy groups -OCH3 is 1. The first-order valence-electron chi connectivity index (χ1n) is 6.02. The number of rotatable bonds is 3. The number of carbonyl (C=O) groups excluding carboxylic acids is 1. The van der Waals surface area contributed by atoms with E-state index in [1.165, 1.54) is 37.4 Å². The molecule has 8 heteroatoms. The van der Waals surface area contributed by atoms with Crippen molar-refractivity contribution in [2.75, 3.05) is 12.8 Å². The predicted octanol–water partition coefficient (Wildman–Crippen LogP) is 3.02. The lowest BCUT2D eigenvalue weighted by Gasteiger charge is -2.14. The molecule has 0 saturated heterocycles. The van der Waals surface area contributed by atoms with Crippen molar-refractivity contribution in [1.82, 2.24) is 4.98 Å². The Hall–Kier alpha value is -2.77. The lowest BCUT2D eigenvalue weighted by atomic mass is 10.1. The molecular formula is C14H11F3N2O3. The number of aromatic nitrogens is 1. The lowest BCUT2D eigenvalue weighted by molar-refractivity contribution is -0.274. The lowest BCUT2D eigenvalue weighted by Crippen LogP contribution is -2.18. The highest BCUT2D eigenvalue weighted by Crippen LogP contribution is 2.35. The van der Waals surface area contributed by atoms with Gasteiger partial charge in [-0.15, -0.1) is 13.2 Å². The van der Waals surface area contributed by atoms with Crippen molar-refractivity contribution in [2.45, 2.75) is 6.36 Å². The van der Waals surface area contributed by atoms with E-state index in [2.05, 4.69) is 14.5 Å². The number of nitrogens with two attached hydrogens (primary N) is 1. The first kappa shape index (κ1) is 15.6. The SMILES string of the molecule is COC(=O)c1ccc(N)c(-c2ccccc2OC(F)(F)F)n1. The summed E-state index contributed by atoms with van der Waals surface area (Å²) in [5.41, 5.74) is 5.79. The summed E-state index contributed by atoms with van der Waals surface area (Å²) in [7, 11) is 1.17. The number of esters is 1. The molecule has 5 nitrogen and oxygen atoms in total. The van der Waals surface area contributed by atoms with E-state index in [9.17, 15) is 18.0 Å². The van der Waals surface area contributed by atoms with Gasteiger partial charge in [-0.3, -0.25) is 0 Å². The Morgan fingerprint density at radius 3 is 2.50 bits per heavy atom. The third-order valence-corrected chi connectivity index (χ3v) is 2.69. The summed E-state index contributed by atoms with van der Waals surface area (Å²) in [5.74, 6) is -1.19. The number of halogens is 3. The maximum Gasteiger partial charge on any atom is 0.573 e. The van der Waals surface area contributed by atoms with Crippen molar-refractivity contribution in [3.8, 4) is 17.0 Å². The van der Waals surface area contributed by atoms with Gasteiger partial charge in [-0.1, -0.05) is 12.1 Å². The minimum absolute atomic E-state index is 0.00255. The molecule has 2 rings (SSSR count). The van der Waals surface area contributed by atoms with E-state index in [4.69, 9.17) is 5.73 Å². The van der Waals surface area contributed by atoms with Crippen LogP contribution in [0.15, 0.2) is 36.4 Å². The van der Waals surface area contributed by atoms with Crippen LogP contribution < -0.4 is 10.5 Å². The van der Waals surface area contributed by atoms with E-state index < -0.39 is 18.1 Å². The Kier molecular flexibility index (Phi) is 4.20. The second kappa shape index (κ2) is 5.92. The molecule has 116 valence electrons. The average molecular weight is 312 g/mol. The number of carbonyl (C=O) groups is 1. The number of pyridine rings is 1. The van der Waals surface area contributed by atoms with E-state index in [1.807, 2.05) is 0 Å². The summed E-state index contributed by atoms with van der Waals surface area (Å²) in [6.07, 6.45) is -4.86. The van der Waals surface area contributed by atoms with Crippen LogP contribution in [0.4, 0.5) is 18.9 Å². The van der Waals surface area contributed by atoms with Crippen molar-refractivity contribution in [3.05, 3.63) is 42.1 Å². The molecule has 0 radical (unpaired) electrons. The molecule has 0 unspecified atom stereocenters. The maximum absolute atomic E-state index is 12.5. The summed E-state index contributed by atoms with van der Waals surface area (Å²) in [5, 5.41) is 0. The largest absolute Gasteiger partial charge is 0.573 e. The van der Waals surface area contributed by atoms with Crippen LogP contribution in [-0.4, -0.2) is 24.4 Å². The highest BCUT2D eigenvalue weighted by molar-refractivity contribution is 5.89. The zero-order valence-corrected chi connectivity index (χ0v) is 11.3. The van der Waals surface area contributed by atoms with Crippen molar-refractivity contribution in [3.63, 3.8) is 0 Å². The van der Waals surface area contributed by atoms with Gasteiger partial charge in [-0.2, -0.15) is 0 Å². The number of nitrogen functional groups attached to an aromatic ring is 1. The number of para-hydroxylation sites is 1. The molecular weight excluding hydrogens is 301 g/mol. The van der Waals surface area contributed by atoms with E-state index >= 15 is 0 Å². The summed E-state index contributed by atoms with van der Waals surface area (Å²) in [4.78, 5) is 15.4. The summed E-state index contributed by atoms with van der Waals surface area (Å²) < 4.78 is 45.8. The fourth-order valence-electron chi connectivity index (χ4n) is 1.78. The first-order valence-corrected chi connectivity index (χ1v) is 6.02. The van der Waals surface area contributed by atoms with Crippen LogP contribution in [0, 0.1) is 0 Å². The fourth-order valence-corrected chi connectivity index (χ4v) is 1.78. The number of alkyl halides is 3. The number of hydrogen-bond donors (Lipinski definition) is 1. The zero-order chi connectivity index (χ0) is 16.3. The van der Waals surface area contributed by atoms with Crippen molar-refractivity contribution >= 4 is 11.7 Å². The predicted molar refractivity (Wildman–Crippen MR) is 72.1 cm³/mol. The minimum Gasteiger partial charge on any atom is -0.464 e. The standard InChI is InChI=1S/C14H11F3N2O3/c1-21-13(20)10-7-6-9(18)12(19-10)8-4-2-3-5-11(8)22-14(15,16)17/h2-7H,18H2,1H3. The molecule has 0 spiro atoms. The number of ether oxygens (including phenoxy) is 2. The molecule has 0 aliphatic carbocycles. The maximum atomic E-state index is 12.5. The Morgan fingerprint density at radius 2 is 1.86 bits per heavy atom. The van der Waals surface area contributed by atoms with E-state index in [0.717, 1.165) is 6.07 Å². The van der Waals surface area contributed by atoms with Gasteiger partial charge in [0.05, 0.1) is 18.5 Å². The quantitative estimate of drug-likeness (QED) is 0.882. The van der Waals surface area contributed by atoms with Crippen molar-refractivity contribution in [2.24, 2.45) is 0 Å². The van der Waals surface area contributed by atoms with E-state index in [-0.39, 0.29) is 22.6 Å². The van der Waals surface area contributed by atoms with Gasteiger partial charge in [0.15, 0.2) is 0 Å². The molecule has 0 saturated carbocycles. The third kappa shape index (κ3) is 3.46. The molecule has 0 bridgehead atoms. The van der Waals surface area contributed by atoms with E-state index in [0.29, 0.717) is 0 Å². The number of hydrogen-bond acceptors (Lipinski definition) is 5. The molecule has 1 aromatic heterocycles. The van der Waals surface area contributed by atoms with Crippen LogP contribution >= 0.6 is 0 Å². The molecule has 1 heterocycles. The van der Waals surface area contributed by atoms with Crippen LogP contribution in [0.1, 0.15) is 10.5 Å². The molecule has 0 atom stereocenters. The molecule has 0 aliphatic rings. The highest BCUT2D eigenvalue weighted by atomic mass is 19.4. The Balaban J connectivity index is 2.54. The van der Waals surface area contributed by atoms with Gasteiger partial charge in [0.1, 0.15) is 11.4 Å². The monoisotopic (exact) mass is 312 g/mol. The van der Waals surface area contributed by atoms with E-state index in [1.54, 1.807) is 0 Å². The summed E-state index contributed by atoms with van der Waals surface area (Å²) in [6.45, 7) is 0. The smallest absolute Gasteiger partial charge is 0.464 e. The Morgan fingerprint density at radius 1 is 1.18 bits per heavy atom. The molecule has 0 aliphatic heterocycles. The summed E-state index contributed by atoms with van der Waals surface area (Å²) >= 11 is 0. The second-order valence-corrected chi connectivity index (χ2v) is 4.17.